The van der Waals surface area contributed by atoms with E-state index in [0.717, 1.165) is 65.2 Å². The van der Waals surface area contributed by atoms with Gasteiger partial charge in [-0.3, -0.25) is 73.1 Å². The minimum Gasteiger partial charge on any atom is -0.462 e. The molecular weight excluding hydrogens is 2220 g/mol. The summed E-state index contributed by atoms with van der Waals surface area (Å²) in [6.45, 7) is 6.70. The van der Waals surface area contributed by atoms with E-state index in [1.807, 2.05) is 73.1 Å². The third-order valence-electron chi connectivity index (χ3n) is 11.4. The molecule has 0 radical (unpaired) electrons. The molecule has 4 rings (SSSR count). The Morgan fingerprint density at radius 2 is 0.878 bits per heavy atom. The molecule has 0 spiro atoms. The maximum absolute atomic E-state index is 16.7. The third kappa shape index (κ3) is 20.5. The first-order valence-corrected chi connectivity index (χ1v) is 34.9. The number of anilines is 6. The molecule has 10 amide bonds. The number of amides is 10. The highest BCUT2D eigenvalue weighted by molar-refractivity contribution is 14.1. The SMILES string of the molecule is CC(=O)Nc1c(I)c(C(=O)NCC(COC(C)=O)OC(C)=O)c(I)c(N(CC(COC(C)=O)OC(C)=O)C(=O)c2c(I)c(N(C(C)=O)c3c(I)c(NC(C)=O)c(I)c(C(=O)NCC(COC(C)=O)OC(C)=O)c3I)c(I)c(N3C(=O)NC(=O)NC3O)c2I)c1I. The Morgan fingerprint density at radius 3 is 1.27 bits per heavy atom. The fourth-order valence-electron chi connectivity index (χ4n) is 8.01. The molecule has 1 aliphatic rings. The highest BCUT2D eigenvalue weighted by atomic mass is 127. The topological polar surface area (TPSA) is 396 Å². The molecule has 90 heavy (non-hydrogen) atoms. The number of esters is 6. The molecule has 0 bridgehead atoms. The van der Waals surface area contributed by atoms with Gasteiger partial charge in [-0.05, 0) is 203 Å². The summed E-state index contributed by atoms with van der Waals surface area (Å²) >= 11 is 16.0. The van der Waals surface area contributed by atoms with Gasteiger partial charge >= 0.3 is 47.9 Å². The van der Waals surface area contributed by atoms with Crippen LogP contribution in [-0.4, -0.2) is 153 Å². The van der Waals surface area contributed by atoms with Crippen molar-refractivity contribution in [1.29, 1.82) is 0 Å². The highest BCUT2D eigenvalue weighted by Crippen LogP contribution is 2.50. The molecule has 488 valence electrons. The number of urea groups is 2. The van der Waals surface area contributed by atoms with Crippen molar-refractivity contribution >= 4 is 321 Å². The fraction of sp³-hybridized carbons (Fsp3) is 0.373. The van der Waals surface area contributed by atoms with Crippen molar-refractivity contribution < 1.29 is 101 Å². The average molecular weight is 2270 g/mol. The molecule has 30 nitrogen and oxygen atoms in total. The number of aliphatic hydroxyl groups excluding tert-OH is 1. The lowest BCUT2D eigenvalue weighted by Crippen LogP contribution is -2.64. The second-order valence-corrected chi connectivity index (χ2v) is 28.1. The molecule has 1 aliphatic heterocycles. The molecule has 4 atom stereocenters. The van der Waals surface area contributed by atoms with Crippen molar-refractivity contribution in [2.45, 2.75) is 87.0 Å². The Labute approximate surface area is 634 Å². The number of halogens is 9. The zero-order valence-electron chi connectivity index (χ0n) is 47.9. The number of carbonyl (C=O) groups excluding carboxylic acids is 14. The number of hydrogen-bond acceptors (Lipinski definition) is 21. The number of carbonyl (C=O) groups is 14. The predicted molar refractivity (Wildman–Crippen MR) is 394 cm³/mol. The number of nitrogens with zero attached hydrogens (tertiary/aromatic N) is 3. The predicted octanol–water partition coefficient (Wildman–Crippen LogP) is 6.84. The molecule has 0 aliphatic carbocycles. The van der Waals surface area contributed by atoms with Crippen molar-refractivity contribution in [2.24, 2.45) is 0 Å². The molecule has 4 unspecified atom stereocenters. The molecule has 1 fully saturated rings. The van der Waals surface area contributed by atoms with E-state index < -0.39 is 153 Å². The van der Waals surface area contributed by atoms with Crippen LogP contribution in [0.5, 0.6) is 0 Å². The van der Waals surface area contributed by atoms with Crippen molar-refractivity contribution in [2.75, 3.05) is 64.8 Å². The van der Waals surface area contributed by atoms with E-state index >= 15 is 4.79 Å². The maximum Gasteiger partial charge on any atom is 0.333 e. The van der Waals surface area contributed by atoms with Crippen LogP contribution in [0.25, 0.3) is 0 Å². The highest BCUT2D eigenvalue weighted by Gasteiger charge is 2.43. The van der Waals surface area contributed by atoms with Gasteiger partial charge in [0.25, 0.3) is 17.7 Å². The summed E-state index contributed by atoms with van der Waals surface area (Å²) in [5.74, 6) is -9.79. The van der Waals surface area contributed by atoms with Gasteiger partial charge in [0.1, 0.15) is 19.8 Å². The van der Waals surface area contributed by atoms with E-state index in [0.29, 0.717) is 4.90 Å². The number of nitrogens with one attached hydrogen (secondary N) is 6. The van der Waals surface area contributed by atoms with Crippen molar-refractivity contribution in [3.05, 3.63) is 48.8 Å². The Bertz CT molecular complexity index is 3520. The summed E-state index contributed by atoms with van der Waals surface area (Å²) in [5.41, 5.74) is -1.76. The van der Waals surface area contributed by atoms with E-state index in [1.54, 1.807) is 136 Å². The first kappa shape index (κ1) is 79.0. The zero-order chi connectivity index (χ0) is 68.2. The zero-order valence-corrected chi connectivity index (χ0v) is 67.3. The summed E-state index contributed by atoms with van der Waals surface area (Å²) in [6, 6.07) is -2.38. The van der Waals surface area contributed by atoms with Crippen LogP contribution in [0.2, 0.25) is 0 Å². The van der Waals surface area contributed by atoms with Crippen LogP contribution in [0, 0.1) is 32.1 Å². The van der Waals surface area contributed by atoms with Gasteiger partial charge in [-0.2, -0.15) is 0 Å². The molecule has 1 heterocycles. The molecule has 39 heteroatoms. The lowest BCUT2D eigenvalue weighted by Gasteiger charge is -2.37. The van der Waals surface area contributed by atoms with Crippen LogP contribution in [0.3, 0.4) is 0 Å². The van der Waals surface area contributed by atoms with Gasteiger partial charge in [0.2, 0.25) is 24.1 Å². The van der Waals surface area contributed by atoms with Gasteiger partial charge in [-0.1, -0.05) is 0 Å². The van der Waals surface area contributed by atoms with E-state index in [9.17, 15) is 67.4 Å². The van der Waals surface area contributed by atoms with Crippen molar-refractivity contribution in [1.82, 2.24) is 21.3 Å². The maximum atomic E-state index is 16.7. The summed E-state index contributed by atoms with van der Waals surface area (Å²) in [5, 5.41) is 26.6. The normalized spacial score (nSPS) is 13.6. The summed E-state index contributed by atoms with van der Waals surface area (Å²) in [4.78, 5) is 190. The number of benzene rings is 3. The van der Waals surface area contributed by atoms with Crippen molar-refractivity contribution in [3.63, 3.8) is 0 Å². The van der Waals surface area contributed by atoms with E-state index in [1.165, 1.54) is 6.92 Å². The number of aliphatic hydroxyl groups is 1. The molecule has 3 aromatic carbocycles. The van der Waals surface area contributed by atoms with Crippen LogP contribution in [0.4, 0.5) is 43.7 Å². The molecule has 0 aromatic heterocycles. The minimum absolute atomic E-state index is 0.00741. The van der Waals surface area contributed by atoms with Crippen LogP contribution in [0.1, 0.15) is 93.4 Å². The molecule has 0 saturated carbocycles. The number of rotatable bonds is 24. The van der Waals surface area contributed by atoms with Gasteiger partial charge in [0, 0.05) is 62.3 Å². The monoisotopic (exact) mass is 2270 g/mol. The number of hydrogen-bond donors (Lipinski definition) is 7. The van der Waals surface area contributed by atoms with E-state index in [2.05, 4.69) is 26.6 Å². The van der Waals surface area contributed by atoms with Gasteiger partial charge in [-0.15, -0.1) is 0 Å². The Morgan fingerprint density at radius 1 is 0.500 bits per heavy atom. The minimum atomic E-state index is -2.19. The Hall–Kier alpha value is -3.43. The molecule has 1 saturated heterocycles. The van der Waals surface area contributed by atoms with Gasteiger partial charge in [-0.25, -0.2) is 14.5 Å². The first-order valence-electron chi connectivity index (χ1n) is 25.2. The van der Waals surface area contributed by atoms with Crippen LogP contribution in [0.15, 0.2) is 0 Å². The number of imide groups is 1. The smallest absolute Gasteiger partial charge is 0.333 e. The lowest BCUT2D eigenvalue weighted by atomic mass is 10.1. The van der Waals surface area contributed by atoms with Crippen LogP contribution in [-0.2, 0) is 71.6 Å². The van der Waals surface area contributed by atoms with Crippen LogP contribution >= 0.6 is 203 Å². The Balaban J connectivity index is 2.31. The summed E-state index contributed by atoms with van der Waals surface area (Å²) in [7, 11) is 0. The summed E-state index contributed by atoms with van der Waals surface area (Å²) in [6.07, 6.45) is -6.16. The van der Waals surface area contributed by atoms with Gasteiger partial charge in [0.15, 0.2) is 18.3 Å². The van der Waals surface area contributed by atoms with Crippen LogP contribution < -0.4 is 46.6 Å². The molecular formula is C51H50I9N9O21. The molecule has 3 aromatic rings. The fourth-order valence-corrected chi connectivity index (χ4v) is 21.6. The Kier molecular flexibility index (Phi) is 31.0. The van der Waals surface area contributed by atoms with Gasteiger partial charge in [0.05, 0.1) is 103 Å². The number of ether oxygens (including phenoxy) is 6. The van der Waals surface area contributed by atoms with E-state index in [4.69, 9.17) is 28.4 Å². The summed E-state index contributed by atoms with van der Waals surface area (Å²) < 4.78 is 31.7. The third-order valence-corrected chi connectivity index (χ3v) is 20.9. The van der Waals surface area contributed by atoms with Gasteiger partial charge < -0.3 is 59.7 Å². The van der Waals surface area contributed by atoms with E-state index in [-0.39, 0.29) is 77.4 Å². The van der Waals surface area contributed by atoms with Crippen molar-refractivity contribution in [3.8, 4) is 0 Å². The average Bonchev–Trinajstić information content (AvgIpc) is 0.735. The molecule has 7 N–H and O–H groups in total. The second kappa shape index (κ2) is 35.4. The first-order chi connectivity index (χ1) is 41.8. The standard InChI is InChI=1S/C51H50I9N9O21/c1-16(70)63-40-31(52)28(46(79)61-10-25(88-22(7)76)13-85-19(4)73)33(54)42(37(40)58)67(12-27(90-24(9)78)15-87-21(6)75)48(81)30-35(56)44(39(60)45(36(30)57)69-50(83)65-49(82)66-51(69)84)68(18(3)72)43-34(55)29(32(53)41(38(43)59)64-17(2)71)47(80)62-11-26(89-23(8)77)14-86-20(5)74/h25-27,50,83H,10-15H2,1-9H3,(H,61,79)(H,62,80)(H,63,70)(H,64,71)(H2,65,66,82,84). The second-order valence-electron chi connectivity index (χ2n) is 18.4. The lowest BCUT2D eigenvalue weighted by molar-refractivity contribution is -0.155. The quantitative estimate of drug-likeness (QED) is 0.0274. The largest absolute Gasteiger partial charge is 0.462 e.